The number of hydrogen-bond acceptors (Lipinski definition) is 6. The summed E-state index contributed by atoms with van der Waals surface area (Å²) in [5.74, 6) is 2.84. The molecule has 3 N–H and O–H groups in total. The predicted octanol–water partition coefficient (Wildman–Crippen LogP) is 1.03. The second kappa shape index (κ2) is 10.7. The zero-order valence-corrected chi connectivity index (χ0v) is 17.8. The van der Waals surface area contributed by atoms with Crippen LogP contribution in [0.5, 0.6) is 0 Å². The topological polar surface area (TPSA) is 118 Å². The van der Waals surface area contributed by atoms with E-state index in [1.165, 1.54) is 0 Å². The quantitative estimate of drug-likeness (QED) is 0.436. The zero-order chi connectivity index (χ0) is 21.3. The van der Waals surface area contributed by atoms with Crippen LogP contribution < -0.4 is 16.0 Å². The number of pyridine rings is 1. The van der Waals surface area contributed by atoms with Crippen LogP contribution in [0.4, 0.5) is 5.82 Å². The first-order valence-corrected chi connectivity index (χ1v) is 10.3. The summed E-state index contributed by atoms with van der Waals surface area (Å²) >= 11 is 0. The highest BCUT2D eigenvalue weighted by molar-refractivity contribution is 5.90. The summed E-state index contributed by atoms with van der Waals surface area (Å²) in [6.45, 7) is 6.23. The van der Waals surface area contributed by atoms with Crippen LogP contribution in [0, 0.1) is 6.92 Å². The van der Waals surface area contributed by atoms with Crippen molar-refractivity contribution in [3.05, 3.63) is 35.5 Å². The summed E-state index contributed by atoms with van der Waals surface area (Å²) in [4.78, 5) is 25.4. The maximum Gasteiger partial charge on any atom is 0.227 e. The lowest BCUT2D eigenvalue weighted by Gasteiger charge is -2.25. The molecule has 0 aliphatic carbocycles. The van der Waals surface area contributed by atoms with Crippen LogP contribution in [0.25, 0.3) is 0 Å². The number of aromatic nitrogens is 4. The monoisotopic (exact) mass is 414 g/mol. The van der Waals surface area contributed by atoms with E-state index < -0.39 is 0 Å². The largest absolute Gasteiger partial charge is 0.377 e. The van der Waals surface area contributed by atoms with E-state index in [1.54, 1.807) is 19.4 Å². The van der Waals surface area contributed by atoms with E-state index in [-0.39, 0.29) is 18.4 Å². The van der Waals surface area contributed by atoms with Crippen molar-refractivity contribution in [2.45, 2.75) is 52.3 Å². The molecule has 0 aromatic carbocycles. The van der Waals surface area contributed by atoms with Gasteiger partial charge in [0.1, 0.15) is 18.2 Å². The molecule has 2 aromatic rings. The molecule has 0 radical (unpaired) electrons. The Morgan fingerprint density at radius 3 is 3.00 bits per heavy atom. The molecule has 10 heteroatoms. The molecule has 0 spiro atoms. The van der Waals surface area contributed by atoms with Crippen molar-refractivity contribution in [1.29, 1.82) is 0 Å². The van der Waals surface area contributed by atoms with Gasteiger partial charge in [-0.1, -0.05) is 6.07 Å². The van der Waals surface area contributed by atoms with Gasteiger partial charge in [-0.3, -0.25) is 9.79 Å². The van der Waals surface area contributed by atoms with Crippen molar-refractivity contribution < 1.29 is 9.53 Å². The molecule has 1 aliphatic heterocycles. The van der Waals surface area contributed by atoms with Crippen LogP contribution in [0.1, 0.15) is 37.0 Å². The van der Waals surface area contributed by atoms with E-state index in [0.29, 0.717) is 30.8 Å². The average molecular weight is 415 g/mol. The molecular formula is C20H30N8O2. The number of nitrogens with zero attached hydrogens (tertiary/aromatic N) is 5. The fraction of sp³-hybridized carbons (Fsp3) is 0.550. The lowest BCUT2D eigenvalue weighted by atomic mass is 10.1. The summed E-state index contributed by atoms with van der Waals surface area (Å²) in [7, 11) is 1.64. The molecule has 10 nitrogen and oxygen atoms in total. The fourth-order valence-electron chi connectivity index (χ4n) is 3.20. The smallest absolute Gasteiger partial charge is 0.227 e. The van der Waals surface area contributed by atoms with Crippen LogP contribution in [0.15, 0.2) is 23.3 Å². The third-order valence-electron chi connectivity index (χ3n) is 4.65. The number of fused-ring (bicyclic) bond motifs is 1. The molecule has 2 aromatic heterocycles. The van der Waals surface area contributed by atoms with Crippen molar-refractivity contribution >= 4 is 17.7 Å². The molecule has 3 rings (SSSR count). The number of rotatable bonds is 8. The molecule has 1 unspecified atom stereocenters. The minimum absolute atomic E-state index is 0.110. The van der Waals surface area contributed by atoms with Crippen LogP contribution in [0.3, 0.4) is 0 Å². The molecule has 1 aliphatic rings. The maximum atomic E-state index is 12.1. The number of amides is 1. The van der Waals surface area contributed by atoms with Gasteiger partial charge in [0.25, 0.3) is 0 Å². The van der Waals surface area contributed by atoms with Crippen molar-refractivity contribution in [1.82, 2.24) is 30.4 Å². The van der Waals surface area contributed by atoms with Crippen LogP contribution >= 0.6 is 0 Å². The van der Waals surface area contributed by atoms with Crippen molar-refractivity contribution in [2.75, 3.05) is 25.5 Å². The Labute approximate surface area is 176 Å². The van der Waals surface area contributed by atoms with Gasteiger partial charge in [-0.2, -0.15) is 5.10 Å². The highest BCUT2D eigenvalue weighted by Gasteiger charge is 2.22. The highest BCUT2D eigenvalue weighted by atomic mass is 16.5. The molecular weight excluding hydrogens is 384 g/mol. The van der Waals surface area contributed by atoms with E-state index in [9.17, 15) is 4.79 Å². The van der Waals surface area contributed by atoms with Gasteiger partial charge in [-0.15, -0.1) is 0 Å². The Morgan fingerprint density at radius 2 is 2.27 bits per heavy atom. The number of carbonyl (C=O) groups excluding carboxylic acids is 1. The van der Waals surface area contributed by atoms with Crippen molar-refractivity contribution in [2.24, 2.45) is 4.99 Å². The second-order valence-electron chi connectivity index (χ2n) is 7.22. The van der Waals surface area contributed by atoms with E-state index in [2.05, 4.69) is 36.0 Å². The Bertz CT molecular complexity index is 862. The van der Waals surface area contributed by atoms with Gasteiger partial charge in [-0.25, -0.2) is 14.6 Å². The first-order chi connectivity index (χ1) is 14.6. The summed E-state index contributed by atoms with van der Waals surface area (Å²) in [6.07, 6.45) is 3.79. The number of aliphatic imine (C=N–C) groups is 1. The van der Waals surface area contributed by atoms with E-state index in [4.69, 9.17) is 4.74 Å². The maximum absolute atomic E-state index is 12.1. The van der Waals surface area contributed by atoms with Crippen molar-refractivity contribution in [3.8, 4) is 0 Å². The third kappa shape index (κ3) is 6.24. The number of aryl methyl sites for hydroxylation is 2. The molecule has 1 atom stereocenters. The normalized spacial score (nSPS) is 16.1. The zero-order valence-electron chi connectivity index (χ0n) is 17.8. The Morgan fingerprint density at radius 1 is 1.40 bits per heavy atom. The number of hydrogen-bond donors (Lipinski definition) is 3. The van der Waals surface area contributed by atoms with Gasteiger partial charge >= 0.3 is 0 Å². The summed E-state index contributed by atoms with van der Waals surface area (Å²) in [5, 5.41) is 14.0. The number of carbonyl (C=O) groups is 1. The van der Waals surface area contributed by atoms with Gasteiger partial charge in [0.2, 0.25) is 5.91 Å². The molecule has 30 heavy (non-hydrogen) atoms. The van der Waals surface area contributed by atoms with E-state index >= 15 is 0 Å². The summed E-state index contributed by atoms with van der Waals surface area (Å²) < 4.78 is 7.05. The summed E-state index contributed by atoms with van der Waals surface area (Å²) in [6, 6.07) is 3.90. The number of nitrogens with one attached hydrogen (secondary N) is 3. The van der Waals surface area contributed by atoms with Crippen LogP contribution in [-0.2, 0) is 29.1 Å². The Kier molecular flexibility index (Phi) is 7.72. The molecule has 1 amide bonds. The molecule has 162 valence electrons. The number of ether oxygens (including phenoxy) is 1. The highest BCUT2D eigenvalue weighted by Crippen LogP contribution is 2.13. The predicted molar refractivity (Wildman–Crippen MR) is 114 cm³/mol. The van der Waals surface area contributed by atoms with Gasteiger partial charge in [0.15, 0.2) is 11.8 Å². The Hall–Kier alpha value is -3.01. The minimum Gasteiger partial charge on any atom is -0.377 e. The lowest BCUT2D eigenvalue weighted by molar-refractivity contribution is -0.116. The Balaban J connectivity index is 1.50. The molecule has 0 fully saturated rings. The minimum atomic E-state index is -0.110. The summed E-state index contributed by atoms with van der Waals surface area (Å²) in [5.41, 5.74) is 1.05. The van der Waals surface area contributed by atoms with Gasteiger partial charge < -0.3 is 20.7 Å². The average Bonchev–Trinajstić information content (AvgIpc) is 3.12. The molecule has 0 saturated carbocycles. The van der Waals surface area contributed by atoms with Crippen LogP contribution in [-0.4, -0.2) is 57.9 Å². The fourth-order valence-corrected chi connectivity index (χ4v) is 3.20. The molecule has 0 saturated heterocycles. The van der Waals surface area contributed by atoms with E-state index in [1.807, 2.05) is 24.6 Å². The van der Waals surface area contributed by atoms with Crippen molar-refractivity contribution in [3.63, 3.8) is 0 Å². The number of methoxy groups -OCH3 is 1. The van der Waals surface area contributed by atoms with Gasteiger partial charge in [-0.05, 0) is 31.9 Å². The standard InChI is InChI=1S/C20H30N8O2/c1-4-21-20(22-10-9-19(29)26-16-7-5-14(2)11-23-16)24-15-6-8-18-25-17(13-30-3)27-28(18)12-15/h5,7,11,15H,4,6,8-10,12-13H2,1-3H3,(H2,21,22,24)(H,23,26,29). The number of anilines is 1. The lowest BCUT2D eigenvalue weighted by Crippen LogP contribution is -2.47. The SMILES string of the molecule is CCNC(=NCCC(=O)Nc1ccc(C)cn1)NC1CCc2nc(COC)nn2C1. The molecule has 3 heterocycles. The molecule has 0 bridgehead atoms. The first-order valence-electron chi connectivity index (χ1n) is 10.3. The van der Waals surface area contributed by atoms with Gasteiger partial charge in [0.05, 0.1) is 13.1 Å². The third-order valence-corrected chi connectivity index (χ3v) is 4.65. The first kappa shape index (κ1) is 21.7. The number of guanidine groups is 1. The van der Waals surface area contributed by atoms with Gasteiger partial charge in [0, 0.05) is 38.7 Å². The van der Waals surface area contributed by atoms with E-state index in [0.717, 1.165) is 37.3 Å². The van der Waals surface area contributed by atoms with Crippen LogP contribution in [0.2, 0.25) is 0 Å². The second-order valence-corrected chi connectivity index (χ2v) is 7.22.